The number of rotatable bonds is 7. The van der Waals surface area contributed by atoms with Crippen molar-refractivity contribution in [3.05, 3.63) is 52.2 Å². The standard InChI is InChI=1S/C16H22N4O2S2.HI/c1-17-16(18-10-9-14-7-5-11-23-14)19-12-13-6-3-4-8-15(13)20-24(2,21)22;/h3-8,11,20H,9-10,12H2,1-2H3,(H2,17,18,19);1H. The van der Waals surface area contributed by atoms with Gasteiger partial charge in [-0.15, -0.1) is 35.3 Å². The van der Waals surface area contributed by atoms with Gasteiger partial charge in [0, 0.05) is 25.0 Å². The molecule has 0 bridgehead atoms. The van der Waals surface area contributed by atoms with E-state index in [1.165, 1.54) is 4.88 Å². The van der Waals surface area contributed by atoms with Crippen LogP contribution in [0.4, 0.5) is 5.69 Å². The highest BCUT2D eigenvalue weighted by Crippen LogP contribution is 2.15. The minimum absolute atomic E-state index is 0. The minimum atomic E-state index is -3.31. The number of sulfonamides is 1. The first-order valence-corrected chi connectivity index (χ1v) is 10.3. The summed E-state index contributed by atoms with van der Waals surface area (Å²) in [5, 5.41) is 8.52. The molecule has 0 radical (unpaired) electrons. The first-order valence-electron chi connectivity index (χ1n) is 7.50. The fraction of sp³-hybridized carbons (Fsp3) is 0.312. The number of guanidine groups is 1. The second-order valence-electron chi connectivity index (χ2n) is 5.21. The van der Waals surface area contributed by atoms with Gasteiger partial charge in [-0.1, -0.05) is 24.3 Å². The number of para-hydroxylation sites is 1. The predicted molar refractivity (Wildman–Crippen MR) is 117 cm³/mol. The number of nitrogens with zero attached hydrogens (tertiary/aromatic N) is 1. The van der Waals surface area contributed by atoms with Gasteiger partial charge in [0.15, 0.2) is 5.96 Å². The van der Waals surface area contributed by atoms with Crippen molar-refractivity contribution in [3.8, 4) is 0 Å². The van der Waals surface area contributed by atoms with E-state index in [-0.39, 0.29) is 24.0 Å². The Hall–Kier alpha value is -1.33. The molecule has 3 N–H and O–H groups in total. The second-order valence-corrected chi connectivity index (χ2v) is 7.99. The molecule has 0 aliphatic carbocycles. The Balaban J connectivity index is 0.00000312. The van der Waals surface area contributed by atoms with Gasteiger partial charge in [0.25, 0.3) is 0 Å². The molecule has 2 rings (SSSR count). The van der Waals surface area contributed by atoms with Gasteiger partial charge in [-0.2, -0.15) is 0 Å². The smallest absolute Gasteiger partial charge is 0.229 e. The van der Waals surface area contributed by atoms with Gasteiger partial charge in [-0.3, -0.25) is 9.71 Å². The molecule has 2 aromatic rings. The van der Waals surface area contributed by atoms with Crippen molar-refractivity contribution in [2.24, 2.45) is 4.99 Å². The van der Waals surface area contributed by atoms with E-state index in [4.69, 9.17) is 0 Å². The second kappa shape index (κ2) is 10.6. The largest absolute Gasteiger partial charge is 0.356 e. The lowest BCUT2D eigenvalue weighted by atomic mass is 10.2. The molecule has 1 aromatic heterocycles. The van der Waals surface area contributed by atoms with Crippen LogP contribution in [0.3, 0.4) is 0 Å². The maximum absolute atomic E-state index is 11.4. The fourth-order valence-electron chi connectivity index (χ4n) is 2.13. The normalized spacial score (nSPS) is 11.5. The average Bonchev–Trinajstić information content (AvgIpc) is 3.04. The number of hydrogen-bond acceptors (Lipinski definition) is 4. The Labute approximate surface area is 170 Å². The summed E-state index contributed by atoms with van der Waals surface area (Å²) in [4.78, 5) is 5.51. The fourth-order valence-corrected chi connectivity index (χ4v) is 3.44. The van der Waals surface area contributed by atoms with Crippen molar-refractivity contribution in [2.45, 2.75) is 13.0 Å². The summed E-state index contributed by atoms with van der Waals surface area (Å²) in [5.41, 5.74) is 1.42. The number of benzene rings is 1. The van der Waals surface area contributed by atoms with Crippen molar-refractivity contribution < 1.29 is 8.42 Å². The highest BCUT2D eigenvalue weighted by Gasteiger charge is 2.07. The lowest BCUT2D eigenvalue weighted by molar-refractivity contribution is 0.606. The lowest BCUT2D eigenvalue weighted by Crippen LogP contribution is -2.38. The van der Waals surface area contributed by atoms with E-state index in [2.05, 4.69) is 31.8 Å². The van der Waals surface area contributed by atoms with Crippen LogP contribution in [-0.2, 0) is 23.0 Å². The van der Waals surface area contributed by atoms with Crippen LogP contribution < -0.4 is 15.4 Å². The molecule has 0 unspecified atom stereocenters. The van der Waals surface area contributed by atoms with Crippen LogP contribution in [0, 0.1) is 0 Å². The molecule has 1 heterocycles. The van der Waals surface area contributed by atoms with E-state index in [0.717, 1.165) is 24.8 Å². The number of hydrogen-bond donors (Lipinski definition) is 3. The predicted octanol–water partition coefficient (Wildman–Crippen LogP) is 2.65. The summed E-state index contributed by atoms with van der Waals surface area (Å²) in [6.45, 7) is 1.25. The van der Waals surface area contributed by atoms with Gasteiger partial charge in [0.1, 0.15) is 0 Å². The quantitative estimate of drug-likeness (QED) is 0.314. The van der Waals surface area contributed by atoms with E-state index in [1.807, 2.05) is 18.2 Å². The molecule has 9 heteroatoms. The first kappa shape index (κ1) is 21.7. The summed E-state index contributed by atoms with van der Waals surface area (Å²) in [6.07, 6.45) is 2.08. The molecule has 0 spiro atoms. The minimum Gasteiger partial charge on any atom is -0.356 e. The molecule has 0 atom stereocenters. The third-order valence-electron chi connectivity index (χ3n) is 3.23. The monoisotopic (exact) mass is 494 g/mol. The summed E-state index contributed by atoms with van der Waals surface area (Å²) in [5.74, 6) is 0.681. The number of nitrogens with one attached hydrogen (secondary N) is 3. The Morgan fingerprint density at radius 1 is 1.16 bits per heavy atom. The number of aliphatic imine (C=N–C) groups is 1. The maximum Gasteiger partial charge on any atom is 0.229 e. The van der Waals surface area contributed by atoms with Crippen molar-refractivity contribution in [1.29, 1.82) is 0 Å². The summed E-state index contributed by atoms with van der Waals surface area (Å²) in [6, 6.07) is 11.4. The molecule has 0 aliphatic heterocycles. The molecule has 138 valence electrons. The van der Waals surface area contributed by atoms with Crippen LogP contribution in [0.15, 0.2) is 46.8 Å². The SMILES string of the molecule is CN=C(NCCc1cccs1)NCc1ccccc1NS(C)(=O)=O.I. The zero-order chi connectivity index (χ0) is 17.4. The molecule has 0 saturated carbocycles. The van der Waals surface area contributed by atoms with Gasteiger partial charge in [-0.05, 0) is 29.5 Å². The van der Waals surface area contributed by atoms with Crippen LogP contribution in [0.5, 0.6) is 0 Å². The van der Waals surface area contributed by atoms with Crippen LogP contribution in [0.25, 0.3) is 0 Å². The third-order valence-corrected chi connectivity index (χ3v) is 4.75. The molecule has 6 nitrogen and oxygen atoms in total. The van der Waals surface area contributed by atoms with Crippen molar-refractivity contribution in [3.63, 3.8) is 0 Å². The molecule has 0 fully saturated rings. The highest BCUT2D eigenvalue weighted by molar-refractivity contribution is 14.0. The number of anilines is 1. The topological polar surface area (TPSA) is 82.6 Å². The number of halogens is 1. The summed E-state index contributed by atoms with van der Waals surface area (Å²) in [7, 11) is -1.60. The first-order chi connectivity index (χ1) is 11.5. The Morgan fingerprint density at radius 2 is 1.92 bits per heavy atom. The van der Waals surface area contributed by atoms with Gasteiger partial charge in [0.2, 0.25) is 10.0 Å². The lowest BCUT2D eigenvalue weighted by Gasteiger charge is -2.14. The van der Waals surface area contributed by atoms with E-state index in [1.54, 1.807) is 30.5 Å². The van der Waals surface area contributed by atoms with E-state index in [0.29, 0.717) is 18.2 Å². The van der Waals surface area contributed by atoms with E-state index < -0.39 is 10.0 Å². The van der Waals surface area contributed by atoms with E-state index >= 15 is 0 Å². The summed E-state index contributed by atoms with van der Waals surface area (Å²) >= 11 is 1.73. The van der Waals surface area contributed by atoms with Gasteiger partial charge in [0.05, 0.1) is 11.9 Å². The van der Waals surface area contributed by atoms with Crippen LogP contribution in [-0.4, -0.2) is 34.2 Å². The molecule has 0 amide bonds. The van der Waals surface area contributed by atoms with Gasteiger partial charge >= 0.3 is 0 Å². The van der Waals surface area contributed by atoms with Gasteiger partial charge in [-0.25, -0.2) is 8.42 Å². The van der Waals surface area contributed by atoms with Crippen molar-refractivity contribution in [2.75, 3.05) is 24.6 Å². The third kappa shape index (κ3) is 8.06. The van der Waals surface area contributed by atoms with Gasteiger partial charge < -0.3 is 10.6 Å². The molecule has 0 saturated heterocycles. The zero-order valence-electron chi connectivity index (χ0n) is 14.2. The molecule has 25 heavy (non-hydrogen) atoms. The van der Waals surface area contributed by atoms with E-state index in [9.17, 15) is 8.42 Å². The molecular weight excluding hydrogens is 471 g/mol. The van der Waals surface area contributed by atoms with Crippen LogP contribution >= 0.6 is 35.3 Å². The Kier molecular flexibility index (Phi) is 9.22. The summed E-state index contributed by atoms with van der Waals surface area (Å²) < 4.78 is 25.4. The van der Waals surface area contributed by atoms with Crippen molar-refractivity contribution >= 4 is 57.0 Å². The molecular formula is C16H23IN4O2S2. The maximum atomic E-state index is 11.4. The average molecular weight is 494 g/mol. The molecule has 0 aliphatic rings. The molecule has 1 aromatic carbocycles. The highest BCUT2D eigenvalue weighted by atomic mass is 127. The zero-order valence-corrected chi connectivity index (χ0v) is 18.1. The Bertz CT molecular complexity index is 777. The van der Waals surface area contributed by atoms with Crippen LogP contribution in [0.1, 0.15) is 10.4 Å². The van der Waals surface area contributed by atoms with Crippen LogP contribution in [0.2, 0.25) is 0 Å². The number of thiophene rings is 1. The van der Waals surface area contributed by atoms with Crippen molar-refractivity contribution in [1.82, 2.24) is 10.6 Å². The Morgan fingerprint density at radius 3 is 2.56 bits per heavy atom.